The Kier molecular flexibility index (Phi) is 3.90. The van der Waals surface area contributed by atoms with E-state index in [4.69, 9.17) is 10.8 Å². The van der Waals surface area contributed by atoms with Crippen LogP contribution in [0.5, 0.6) is 0 Å². The summed E-state index contributed by atoms with van der Waals surface area (Å²) in [6.07, 6.45) is 2.14. The molecule has 1 aliphatic heterocycles. The van der Waals surface area contributed by atoms with Gasteiger partial charge >= 0.3 is 5.97 Å². The van der Waals surface area contributed by atoms with E-state index in [1.807, 2.05) is 0 Å². The molecule has 0 radical (unpaired) electrons. The van der Waals surface area contributed by atoms with E-state index in [0.717, 1.165) is 31.1 Å². The quantitative estimate of drug-likeness (QED) is 0.908. The van der Waals surface area contributed by atoms with Crippen molar-refractivity contribution in [2.75, 3.05) is 11.4 Å². The molecule has 110 valence electrons. The van der Waals surface area contributed by atoms with Crippen LogP contribution in [0.15, 0.2) is 29.6 Å². The standard InChI is InChI=1S/C15H17N3O2S/c16-13(14(19)20)12-9-21-15(17-12)18-7-3-6-10-4-1-2-5-11(10)8-18/h1-2,4-5,9,13H,3,6-8,16H2,(H,19,20). The second kappa shape index (κ2) is 5.83. The van der Waals surface area contributed by atoms with Crippen molar-refractivity contribution < 1.29 is 9.90 Å². The highest BCUT2D eigenvalue weighted by Gasteiger charge is 2.21. The van der Waals surface area contributed by atoms with Crippen molar-refractivity contribution in [1.29, 1.82) is 0 Å². The lowest BCUT2D eigenvalue weighted by atomic mass is 10.0. The van der Waals surface area contributed by atoms with Crippen molar-refractivity contribution >= 4 is 22.4 Å². The van der Waals surface area contributed by atoms with Gasteiger partial charge in [-0.05, 0) is 24.0 Å². The van der Waals surface area contributed by atoms with Crippen LogP contribution in [0.4, 0.5) is 5.13 Å². The number of nitrogens with two attached hydrogens (primary N) is 1. The molecule has 1 aliphatic rings. The van der Waals surface area contributed by atoms with Gasteiger partial charge in [0.25, 0.3) is 0 Å². The number of aryl methyl sites for hydroxylation is 1. The van der Waals surface area contributed by atoms with E-state index in [2.05, 4.69) is 34.1 Å². The van der Waals surface area contributed by atoms with Crippen molar-refractivity contribution in [2.24, 2.45) is 5.73 Å². The maximum absolute atomic E-state index is 10.9. The van der Waals surface area contributed by atoms with Gasteiger partial charge in [0.2, 0.25) is 0 Å². The average Bonchev–Trinajstić information content (AvgIpc) is 2.86. The molecule has 5 nitrogen and oxygen atoms in total. The molecule has 0 amide bonds. The second-order valence-corrected chi connectivity index (χ2v) is 6.00. The number of carboxylic acids is 1. The van der Waals surface area contributed by atoms with Crippen LogP contribution in [0.3, 0.4) is 0 Å². The van der Waals surface area contributed by atoms with Crippen LogP contribution in [-0.2, 0) is 17.8 Å². The van der Waals surface area contributed by atoms with Crippen molar-refractivity contribution in [2.45, 2.75) is 25.4 Å². The Labute approximate surface area is 127 Å². The number of benzene rings is 1. The summed E-state index contributed by atoms with van der Waals surface area (Å²) in [5.74, 6) is -1.05. The number of aliphatic carboxylic acids is 1. The highest BCUT2D eigenvalue weighted by molar-refractivity contribution is 7.13. The van der Waals surface area contributed by atoms with E-state index in [9.17, 15) is 4.79 Å². The lowest BCUT2D eigenvalue weighted by Crippen LogP contribution is -2.24. The molecule has 1 unspecified atom stereocenters. The summed E-state index contributed by atoms with van der Waals surface area (Å²) in [4.78, 5) is 17.5. The van der Waals surface area contributed by atoms with Crippen LogP contribution in [0.1, 0.15) is 29.3 Å². The number of carboxylic acid groups (broad SMARTS) is 1. The number of nitrogens with zero attached hydrogens (tertiary/aromatic N) is 2. The smallest absolute Gasteiger partial charge is 0.326 e. The van der Waals surface area contributed by atoms with Crippen molar-refractivity contribution in [3.05, 3.63) is 46.5 Å². The summed E-state index contributed by atoms with van der Waals surface area (Å²) in [6, 6.07) is 7.39. The SMILES string of the molecule is NC(C(=O)O)c1csc(N2CCCc3ccccc3C2)n1. The van der Waals surface area contributed by atoms with Crippen LogP contribution >= 0.6 is 11.3 Å². The molecule has 0 bridgehead atoms. The van der Waals surface area contributed by atoms with E-state index in [1.54, 1.807) is 5.38 Å². The zero-order chi connectivity index (χ0) is 14.8. The zero-order valence-corrected chi connectivity index (χ0v) is 12.3. The van der Waals surface area contributed by atoms with Gasteiger partial charge in [-0.15, -0.1) is 11.3 Å². The third-order valence-electron chi connectivity index (χ3n) is 3.72. The summed E-state index contributed by atoms with van der Waals surface area (Å²) in [7, 11) is 0. The normalized spacial score (nSPS) is 16.1. The van der Waals surface area contributed by atoms with E-state index in [0.29, 0.717) is 5.69 Å². The predicted octanol–water partition coefficient (Wildman–Crippen LogP) is 2.18. The first-order valence-corrected chi connectivity index (χ1v) is 7.78. The molecule has 0 saturated heterocycles. The Balaban J connectivity index is 1.83. The number of aromatic nitrogens is 1. The van der Waals surface area contributed by atoms with Gasteiger partial charge in [-0.25, -0.2) is 4.98 Å². The van der Waals surface area contributed by atoms with Crippen LogP contribution in [0, 0.1) is 0 Å². The van der Waals surface area contributed by atoms with Gasteiger partial charge < -0.3 is 15.7 Å². The molecule has 0 fully saturated rings. The molecule has 0 spiro atoms. The molecular formula is C15H17N3O2S. The number of rotatable bonds is 3. The highest BCUT2D eigenvalue weighted by Crippen LogP contribution is 2.28. The maximum Gasteiger partial charge on any atom is 0.326 e. The Morgan fingerprint density at radius 2 is 2.14 bits per heavy atom. The zero-order valence-electron chi connectivity index (χ0n) is 11.5. The average molecular weight is 303 g/mol. The summed E-state index contributed by atoms with van der Waals surface area (Å²) >= 11 is 1.46. The number of thiazole rings is 1. The second-order valence-electron chi connectivity index (χ2n) is 5.16. The van der Waals surface area contributed by atoms with Gasteiger partial charge in [0, 0.05) is 18.5 Å². The molecule has 0 aliphatic carbocycles. The molecular weight excluding hydrogens is 286 g/mol. The Morgan fingerprint density at radius 3 is 2.90 bits per heavy atom. The molecule has 21 heavy (non-hydrogen) atoms. The van der Waals surface area contributed by atoms with Gasteiger partial charge in [-0.3, -0.25) is 4.79 Å². The lowest BCUT2D eigenvalue weighted by molar-refractivity contribution is -0.138. The van der Waals surface area contributed by atoms with E-state index < -0.39 is 12.0 Å². The van der Waals surface area contributed by atoms with Crippen LogP contribution in [0.25, 0.3) is 0 Å². The summed E-state index contributed by atoms with van der Waals surface area (Å²) in [6.45, 7) is 1.73. The van der Waals surface area contributed by atoms with Crippen molar-refractivity contribution in [3.8, 4) is 0 Å². The summed E-state index contributed by atoms with van der Waals surface area (Å²) in [5, 5.41) is 11.5. The Morgan fingerprint density at radius 1 is 1.38 bits per heavy atom. The van der Waals surface area contributed by atoms with E-state index in [-0.39, 0.29) is 0 Å². The molecule has 2 heterocycles. The molecule has 6 heteroatoms. The Bertz CT molecular complexity index is 656. The topological polar surface area (TPSA) is 79.5 Å². The van der Waals surface area contributed by atoms with E-state index in [1.165, 1.54) is 22.5 Å². The first kappa shape index (κ1) is 14.0. The van der Waals surface area contributed by atoms with Gasteiger partial charge in [0.15, 0.2) is 5.13 Å². The van der Waals surface area contributed by atoms with Crippen molar-refractivity contribution in [1.82, 2.24) is 4.98 Å². The van der Waals surface area contributed by atoms with Crippen molar-refractivity contribution in [3.63, 3.8) is 0 Å². The first-order valence-electron chi connectivity index (χ1n) is 6.90. The van der Waals surface area contributed by atoms with E-state index >= 15 is 0 Å². The number of anilines is 1. The number of hydrogen-bond acceptors (Lipinski definition) is 5. The van der Waals surface area contributed by atoms with Crippen LogP contribution < -0.4 is 10.6 Å². The molecule has 1 atom stereocenters. The van der Waals surface area contributed by atoms with Crippen LogP contribution in [-0.4, -0.2) is 22.6 Å². The summed E-state index contributed by atoms with van der Waals surface area (Å²) < 4.78 is 0. The molecule has 0 saturated carbocycles. The fourth-order valence-corrected chi connectivity index (χ4v) is 3.44. The molecule has 3 N–H and O–H groups in total. The summed E-state index contributed by atoms with van der Waals surface area (Å²) in [5.41, 5.74) is 8.75. The third kappa shape index (κ3) is 2.91. The molecule has 1 aromatic heterocycles. The fourth-order valence-electron chi connectivity index (χ4n) is 2.55. The Hall–Kier alpha value is -1.92. The van der Waals surface area contributed by atoms with Crippen LogP contribution in [0.2, 0.25) is 0 Å². The monoisotopic (exact) mass is 303 g/mol. The minimum absolute atomic E-state index is 0.431. The first-order chi connectivity index (χ1) is 10.1. The minimum Gasteiger partial charge on any atom is -0.480 e. The number of hydrogen-bond donors (Lipinski definition) is 2. The number of carbonyl (C=O) groups is 1. The molecule has 2 aromatic rings. The van der Waals surface area contributed by atoms with Gasteiger partial charge in [-0.1, -0.05) is 24.3 Å². The minimum atomic E-state index is -1.05. The largest absolute Gasteiger partial charge is 0.480 e. The maximum atomic E-state index is 10.9. The fraction of sp³-hybridized carbons (Fsp3) is 0.333. The molecule has 1 aromatic carbocycles. The lowest BCUT2D eigenvalue weighted by Gasteiger charge is -2.19. The van der Waals surface area contributed by atoms with Gasteiger partial charge in [0.1, 0.15) is 6.04 Å². The highest BCUT2D eigenvalue weighted by atomic mass is 32.1. The van der Waals surface area contributed by atoms with Gasteiger partial charge in [-0.2, -0.15) is 0 Å². The van der Waals surface area contributed by atoms with Gasteiger partial charge in [0.05, 0.1) is 5.69 Å². The third-order valence-corrected chi connectivity index (χ3v) is 4.64. The number of fused-ring (bicyclic) bond motifs is 1. The molecule has 3 rings (SSSR count). The predicted molar refractivity (Wildman–Crippen MR) is 82.5 cm³/mol.